The van der Waals surface area contributed by atoms with E-state index >= 15 is 0 Å². The SMILES string of the molecule is O=C1CCC(N2Cc3c(SCCNC45CC6CC(CC(C6)C4)C5)cccc3C2=O)C(=O)N1. The Morgan fingerprint density at radius 2 is 1.78 bits per heavy atom. The maximum Gasteiger partial charge on any atom is 0.255 e. The van der Waals surface area contributed by atoms with E-state index in [9.17, 15) is 14.4 Å². The topological polar surface area (TPSA) is 78.5 Å². The lowest BCUT2D eigenvalue weighted by Gasteiger charge is -2.57. The number of carbonyl (C=O) groups excluding carboxylic acids is 3. The molecule has 1 aromatic rings. The van der Waals surface area contributed by atoms with Crippen molar-refractivity contribution < 1.29 is 14.4 Å². The van der Waals surface area contributed by atoms with Gasteiger partial charge in [0.05, 0.1) is 0 Å². The first-order valence-electron chi connectivity index (χ1n) is 12.1. The van der Waals surface area contributed by atoms with Crippen molar-refractivity contribution in [3.8, 4) is 0 Å². The number of carbonyl (C=O) groups is 3. The fourth-order valence-electron chi connectivity index (χ4n) is 7.50. The van der Waals surface area contributed by atoms with Crippen molar-refractivity contribution in [3.05, 3.63) is 29.3 Å². The summed E-state index contributed by atoms with van der Waals surface area (Å²) >= 11 is 1.81. The van der Waals surface area contributed by atoms with Crippen LogP contribution in [0.4, 0.5) is 0 Å². The van der Waals surface area contributed by atoms with Gasteiger partial charge in [-0.25, -0.2) is 0 Å². The molecule has 1 aromatic carbocycles. The average molecular weight is 454 g/mol. The fourth-order valence-corrected chi connectivity index (χ4v) is 8.44. The average Bonchev–Trinajstić information content (AvgIpc) is 3.07. The number of hydrogen-bond acceptors (Lipinski definition) is 5. The van der Waals surface area contributed by atoms with E-state index in [1.807, 2.05) is 23.9 Å². The summed E-state index contributed by atoms with van der Waals surface area (Å²) in [5.41, 5.74) is 2.11. The van der Waals surface area contributed by atoms with Crippen molar-refractivity contribution in [2.75, 3.05) is 12.3 Å². The van der Waals surface area contributed by atoms with Gasteiger partial charge in [0, 0.05) is 41.3 Å². The Labute approximate surface area is 193 Å². The minimum atomic E-state index is -0.553. The van der Waals surface area contributed by atoms with Gasteiger partial charge in [0.2, 0.25) is 11.8 Å². The van der Waals surface area contributed by atoms with Crippen molar-refractivity contribution in [2.24, 2.45) is 17.8 Å². The Hall–Kier alpha value is -1.86. The summed E-state index contributed by atoms with van der Waals surface area (Å²) in [5.74, 6) is 3.12. The second kappa shape index (κ2) is 7.87. The second-order valence-electron chi connectivity index (χ2n) is 10.7. The number of rotatable bonds is 6. The molecular formula is C25H31N3O3S. The van der Waals surface area contributed by atoms with E-state index < -0.39 is 6.04 Å². The molecule has 7 heteroatoms. The first-order valence-corrected chi connectivity index (χ1v) is 13.1. The molecule has 5 fully saturated rings. The summed E-state index contributed by atoms with van der Waals surface area (Å²) in [6, 6.07) is 5.35. The van der Waals surface area contributed by atoms with Crippen LogP contribution in [0.25, 0.3) is 0 Å². The maximum absolute atomic E-state index is 13.0. The highest BCUT2D eigenvalue weighted by molar-refractivity contribution is 7.99. The molecule has 4 aliphatic carbocycles. The Bertz CT molecular complexity index is 942. The summed E-state index contributed by atoms with van der Waals surface area (Å²) in [6.45, 7) is 1.44. The lowest BCUT2D eigenvalue weighted by Crippen LogP contribution is -2.58. The molecule has 6 aliphatic rings. The van der Waals surface area contributed by atoms with Gasteiger partial charge in [-0.15, -0.1) is 11.8 Å². The van der Waals surface area contributed by atoms with Crippen LogP contribution in [-0.4, -0.2) is 46.5 Å². The molecule has 2 heterocycles. The Kier molecular flexibility index (Phi) is 5.10. The number of nitrogens with one attached hydrogen (secondary N) is 2. The van der Waals surface area contributed by atoms with Crippen molar-refractivity contribution in [1.29, 1.82) is 0 Å². The molecule has 4 saturated carbocycles. The van der Waals surface area contributed by atoms with Crippen LogP contribution in [0.5, 0.6) is 0 Å². The van der Waals surface area contributed by atoms with E-state index in [0.29, 0.717) is 24.1 Å². The van der Waals surface area contributed by atoms with Gasteiger partial charge in [0.25, 0.3) is 5.91 Å². The van der Waals surface area contributed by atoms with Gasteiger partial charge in [0.15, 0.2) is 0 Å². The van der Waals surface area contributed by atoms with E-state index in [-0.39, 0.29) is 24.1 Å². The minimum Gasteiger partial charge on any atom is -0.322 e. The van der Waals surface area contributed by atoms with Crippen molar-refractivity contribution in [1.82, 2.24) is 15.5 Å². The van der Waals surface area contributed by atoms with E-state index in [4.69, 9.17) is 0 Å². The first kappa shape index (κ1) is 20.7. The third-order valence-electron chi connectivity index (χ3n) is 8.44. The molecule has 3 amide bonds. The molecule has 0 radical (unpaired) electrons. The van der Waals surface area contributed by atoms with Crippen LogP contribution in [0, 0.1) is 17.8 Å². The Morgan fingerprint density at radius 3 is 2.47 bits per heavy atom. The van der Waals surface area contributed by atoms with Crippen LogP contribution in [0.3, 0.4) is 0 Å². The van der Waals surface area contributed by atoms with Crippen LogP contribution >= 0.6 is 11.8 Å². The number of imide groups is 1. The number of nitrogens with zero attached hydrogens (tertiary/aromatic N) is 1. The second-order valence-corrected chi connectivity index (χ2v) is 11.8. The van der Waals surface area contributed by atoms with Gasteiger partial charge in [0.1, 0.15) is 6.04 Å². The summed E-state index contributed by atoms with van der Waals surface area (Å²) in [4.78, 5) is 39.6. The summed E-state index contributed by atoms with van der Waals surface area (Å²) in [7, 11) is 0. The number of piperidine rings is 1. The maximum atomic E-state index is 13.0. The smallest absolute Gasteiger partial charge is 0.255 e. The third-order valence-corrected chi connectivity index (χ3v) is 9.54. The minimum absolute atomic E-state index is 0.0939. The molecule has 0 aromatic heterocycles. The van der Waals surface area contributed by atoms with Crippen LogP contribution in [0.15, 0.2) is 23.1 Å². The number of thioether (sulfide) groups is 1. The van der Waals surface area contributed by atoms with Crippen LogP contribution in [-0.2, 0) is 16.1 Å². The van der Waals surface area contributed by atoms with Gasteiger partial charge in [-0.3, -0.25) is 19.7 Å². The largest absolute Gasteiger partial charge is 0.322 e. The van der Waals surface area contributed by atoms with Crippen molar-refractivity contribution in [2.45, 2.75) is 74.4 Å². The highest BCUT2D eigenvalue weighted by atomic mass is 32.2. The van der Waals surface area contributed by atoms with E-state index in [0.717, 1.165) is 40.5 Å². The molecule has 6 nitrogen and oxygen atoms in total. The van der Waals surface area contributed by atoms with E-state index in [1.54, 1.807) is 4.90 Å². The summed E-state index contributed by atoms with van der Waals surface area (Å²) < 4.78 is 0. The van der Waals surface area contributed by atoms with Gasteiger partial charge >= 0.3 is 0 Å². The molecule has 0 spiro atoms. The molecule has 2 aliphatic heterocycles. The molecule has 4 bridgehead atoms. The Morgan fingerprint density at radius 1 is 1.06 bits per heavy atom. The third kappa shape index (κ3) is 3.58. The quantitative estimate of drug-likeness (QED) is 0.393. The first-order chi connectivity index (χ1) is 15.5. The zero-order valence-electron chi connectivity index (χ0n) is 18.4. The van der Waals surface area contributed by atoms with Crippen LogP contribution in [0.1, 0.15) is 67.3 Å². The van der Waals surface area contributed by atoms with Crippen LogP contribution < -0.4 is 10.6 Å². The monoisotopic (exact) mass is 453 g/mol. The molecule has 7 rings (SSSR count). The van der Waals surface area contributed by atoms with Gasteiger partial charge in [-0.2, -0.15) is 0 Å². The predicted octanol–water partition coefficient (Wildman–Crippen LogP) is 3.10. The molecule has 2 N–H and O–H groups in total. The predicted molar refractivity (Wildman–Crippen MR) is 122 cm³/mol. The highest BCUT2D eigenvalue weighted by Gasteiger charge is 2.50. The molecular weight excluding hydrogens is 422 g/mol. The Balaban J connectivity index is 1.09. The van der Waals surface area contributed by atoms with Crippen molar-refractivity contribution in [3.63, 3.8) is 0 Å². The zero-order chi connectivity index (χ0) is 21.9. The molecule has 1 saturated heterocycles. The summed E-state index contributed by atoms with van der Waals surface area (Å²) in [5, 5.41) is 6.34. The standard InChI is InChI=1S/C25H31N3O3S/c29-22-5-4-20(23(30)27-22)28-14-19-18(24(28)31)2-1-3-21(19)32-7-6-26-25-11-15-8-16(12-25)10-17(9-15)13-25/h1-3,15-17,20,26H,4-14H2,(H,27,29,30). The zero-order valence-corrected chi connectivity index (χ0v) is 19.2. The van der Waals surface area contributed by atoms with Crippen molar-refractivity contribution >= 4 is 29.5 Å². The molecule has 1 atom stereocenters. The lowest BCUT2D eigenvalue weighted by atomic mass is 9.53. The number of amides is 3. The van der Waals surface area contributed by atoms with Gasteiger partial charge < -0.3 is 10.2 Å². The fraction of sp³-hybridized carbons (Fsp3) is 0.640. The number of fused-ring (bicyclic) bond motifs is 1. The van der Waals surface area contributed by atoms with Crippen LogP contribution in [0.2, 0.25) is 0 Å². The van der Waals surface area contributed by atoms with Gasteiger partial charge in [-0.1, -0.05) is 6.07 Å². The van der Waals surface area contributed by atoms with Gasteiger partial charge in [-0.05, 0) is 80.4 Å². The lowest BCUT2D eigenvalue weighted by molar-refractivity contribution is -0.136. The molecule has 170 valence electrons. The highest BCUT2D eigenvalue weighted by Crippen LogP contribution is 2.55. The number of benzene rings is 1. The summed E-state index contributed by atoms with van der Waals surface area (Å²) in [6.07, 6.45) is 9.16. The number of hydrogen-bond donors (Lipinski definition) is 2. The van der Waals surface area contributed by atoms with E-state index in [1.165, 1.54) is 38.5 Å². The molecule has 1 unspecified atom stereocenters. The normalized spacial score (nSPS) is 35.4. The van der Waals surface area contributed by atoms with E-state index in [2.05, 4.69) is 16.7 Å². The molecule has 32 heavy (non-hydrogen) atoms.